The van der Waals surface area contributed by atoms with E-state index in [-0.39, 0.29) is 0 Å². The number of nitrogens with zero attached hydrogens (tertiary/aromatic N) is 1. The van der Waals surface area contributed by atoms with E-state index in [1.807, 2.05) is 5.01 Å². The molecule has 1 saturated heterocycles. The minimum absolute atomic E-state index is 0.608. The predicted molar refractivity (Wildman–Crippen MR) is 43.4 cm³/mol. The van der Waals surface area contributed by atoms with Crippen molar-refractivity contribution in [3.63, 3.8) is 0 Å². The number of hydrogen-bond donors (Lipinski definition) is 1. The molecule has 0 spiro atoms. The Morgan fingerprint density at radius 2 is 2.20 bits per heavy atom. The summed E-state index contributed by atoms with van der Waals surface area (Å²) < 4.78 is 0. The summed E-state index contributed by atoms with van der Waals surface area (Å²) in [5.74, 6) is 5.84. The molecule has 2 unspecified atom stereocenters. The topological polar surface area (TPSA) is 29.3 Å². The molecule has 1 heterocycles. The Morgan fingerprint density at radius 1 is 1.50 bits per heavy atom. The number of hydrazine groups is 1. The highest BCUT2D eigenvalue weighted by atomic mass is 15.4. The lowest BCUT2D eigenvalue weighted by Gasteiger charge is -2.21. The summed E-state index contributed by atoms with van der Waals surface area (Å²) >= 11 is 0. The van der Waals surface area contributed by atoms with Crippen molar-refractivity contribution in [2.75, 3.05) is 0 Å². The molecule has 0 amide bonds. The standard InChI is InChI=1S/C8H18N2/c1-3-4-8-6-5-7(2)10(8)9/h7-8H,3-6,9H2,1-2H3. The zero-order valence-electron chi connectivity index (χ0n) is 7.01. The third-order valence-corrected chi connectivity index (χ3v) is 2.47. The largest absolute Gasteiger partial charge is 0.268 e. The van der Waals surface area contributed by atoms with Crippen LogP contribution in [0.25, 0.3) is 0 Å². The Kier molecular flexibility index (Phi) is 2.69. The molecule has 1 rings (SSSR count). The number of nitrogens with two attached hydrogens (primary N) is 1. The van der Waals surface area contributed by atoms with E-state index in [0.29, 0.717) is 12.1 Å². The molecule has 2 N–H and O–H groups in total. The van der Waals surface area contributed by atoms with Crippen molar-refractivity contribution in [1.82, 2.24) is 5.01 Å². The van der Waals surface area contributed by atoms with Gasteiger partial charge in [-0.2, -0.15) is 0 Å². The van der Waals surface area contributed by atoms with Crippen LogP contribution in [-0.2, 0) is 0 Å². The molecule has 0 saturated carbocycles. The first-order valence-corrected chi connectivity index (χ1v) is 4.28. The van der Waals surface area contributed by atoms with Crippen LogP contribution in [-0.4, -0.2) is 17.1 Å². The Balaban J connectivity index is 2.33. The molecule has 0 radical (unpaired) electrons. The average Bonchev–Trinajstić information content (AvgIpc) is 2.20. The van der Waals surface area contributed by atoms with E-state index in [1.54, 1.807) is 0 Å². The van der Waals surface area contributed by atoms with Gasteiger partial charge in [-0.25, -0.2) is 5.01 Å². The Morgan fingerprint density at radius 3 is 2.60 bits per heavy atom. The van der Waals surface area contributed by atoms with Crippen molar-refractivity contribution in [3.05, 3.63) is 0 Å². The lowest BCUT2D eigenvalue weighted by Crippen LogP contribution is -2.40. The first-order chi connectivity index (χ1) is 4.75. The fourth-order valence-corrected chi connectivity index (χ4v) is 1.72. The second-order valence-electron chi connectivity index (χ2n) is 3.32. The molecule has 0 aromatic rings. The van der Waals surface area contributed by atoms with Gasteiger partial charge in [0.15, 0.2) is 0 Å². The van der Waals surface area contributed by atoms with Gasteiger partial charge in [-0.3, -0.25) is 5.84 Å². The average molecular weight is 142 g/mol. The highest BCUT2D eigenvalue weighted by Gasteiger charge is 2.26. The second-order valence-corrected chi connectivity index (χ2v) is 3.32. The van der Waals surface area contributed by atoms with E-state index in [2.05, 4.69) is 13.8 Å². The minimum Gasteiger partial charge on any atom is -0.268 e. The smallest absolute Gasteiger partial charge is 0.0244 e. The van der Waals surface area contributed by atoms with Crippen LogP contribution in [0.15, 0.2) is 0 Å². The second kappa shape index (κ2) is 3.35. The Labute approximate surface area is 63.4 Å². The van der Waals surface area contributed by atoms with Gasteiger partial charge in [0, 0.05) is 12.1 Å². The molecule has 60 valence electrons. The van der Waals surface area contributed by atoms with Gasteiger partial charge in [-0.1, -0.05) is 13.3 Å². The summed E-state index contributed by atoms with van der Waals surface area (Å²) in [4.78, 5) is 0. The van der Waals surface area contributed by atoms with Crippen LogP contribution in [0.3, 0.4) is 0 Å². The fourth-order valence-electron chi connectivity index (χ4n) is 1.72. The van der Waals surface area contributed by atoms with Gasteiger partial charge in [0.1, 0.15) is 0 Å². The van der Waals surface area contributed by atoms with Crippen LogP contribution in [0.2, 0.25) is 0 Å². The first kappa shape index (κ1) is 8.02. The monoisotopic (exact) mass is 142 g/mol. The molecule has 2 nitrogen and oxygen atoms in total. The number of rotatable bonds is 2. The summed E-state index contributed by atoms with van der Waals surface area (Å²) in [6.45, 7) is 4.42. The molecule has 0 aromatic carbocycles. The minimum atomic E-state index is 0.608. The van der Waals surface area contributed by atoms with E-state index in [9.17, 15) is 0 Å². The van der Waals surface area contributed by atoms with Crippen LogP contribution < -0.4 is 5.84 Å². The van der Waals surface area contributed by atoms with Crippen LogP contribution >= 0.6 is 0 Å². The zero-order valence-corrected chi connectivity index (χ0v) is 7.01. The maximum absolute atomic E-state index is 5.84. The molecule has 0 bridgehead atoms. The van der Waals surface area contributed by atoms with Gasteiger partial charge in [-0.05, 0) is 26.2 Å². The third-order valence-electron chi connectivity index (χ3n) is 2.47. The maximum atomic E-state index is 5.84. The SMILES string of the molecule is CCCC1CCC(C)N1N. The molecule has 0 aliphatic carbocycles. The van der Waals surface area contributed by atoms with E-state index in [4.69, 9.17) is 5.84 Å². The lowest BCUT2D eigenvalue weighted by atomic mass is 10.1. The van der Waals surface area contributed by atoms with Gasteiger partial charge in [0.25, 0.3) is 0 Å². The molecule has 10 heavy (non-hydrogen) atoms. The Hall–Kier alpha value is -0.0800. The number of hydrogen-bond acceptors (Lipinski definition) is 2. The molecule has 2 atom stereocenters. The van der Waals surface area contributed by atoms with Crippen molar-refractivity contribution in [2.45, 2.75) is 51.6 Å². The molecule has 1 fully saturated rings. The summed E-state index contributed by atoms with van der Waals surface area (Å²) in [6, 6.07) is 1.27. The molecular weight excluding hydrogens is 124 g/mol. The van der Waals surface area contributed by atoms with E-state index in [1.165, 1.54) is 25.7 Å². The van der Waals surface area contributed by atoms with Crippen LogP contribution in [0.4, 0.5) is 0 Å². The molecule has 1 aliphatic rings. The summed E-state index contributed by atoms with van der Waals surface area (Å²) in [5, 5.41) is 2.03. The van der Waals surface area contributed by atoms with E-state index < -0.39 is 0 Å². The molecule has 2 heteroatoms. The summed E-state index contributed by atoms with van der Waals surface area (Å²) in [6.07, 6.45) is 5.10. The van der Waals surface area contributed by atoms with Crippen molar-refractivity contribution in [3.8, 4) is 0 Å². The fraction of sp³-hybridized carbons (Fsp3) is 1.00. The summed E-state index contributed by atoms with van der Waals surface area (Å²) in [7, 11) is 0. The Bertz CT molecular complexity index is 101. The maximum Gasteiger partial charge on any atom is 0.0244 e. The normalized spacial score (nSPS) is 35.1. The third kappa shape index (κ3) is 1.50. The summed E-state index contributed by atoms with van der Waals surface area (Å²) in [5.41, 5.74) is 0. The van der Waals surface area contributed by atoms with Crippen molar-refractivity contribution in [1.29, 1.82) is 0 Å². The van der Waals surface area contributed by atoms with Gasteiger partial charge in [-0.15, -0.1) is 0 Å². The predicted octanol–water partition coefficient (Wildman–Crippen LogP) is 1.51. The van der Waals surface area contributed by atoms with Crippen LogP contribution in [0, 0.1) is 0 Å². The van der Waals surface area contributed by atoms with Gasteiger partial charge in [0.05, 0.1) is 0 Å². The highest BCUT2D eigenvalue weighted by Crippen LogP contribution is 2.22. The molecule has 0 aromatic heterocycles. The zero-order chi connectivity index (χ0) is 7.56. The van der Waals surface area contributed by atoms with Crippen LogP contribution in [0.1, 0.15) is 39.5 Å². The van der Waals surface area contributed by atoms with E-state index >= 15 is 0 Å². The van der Waals surface area contributed by atoms with Crippen LogP contribution in [0.5, 0.6) is 0 Å². The van der Waals surface area contributed by atoms with Crippen molar-refractivity contribution < 1.29 is 0 Å². The molecule has 1 aliphatic heterocycles. The molecular formula is C8H18N2. The first-order valence-electron chi connectivity index (χ1n) is 4.28. The lowest BCUT2D eigenvalue weighted by molar-refractivity contribution is 0.199. The van der Waals surface area contributed by atoms with Gasteiger partial charge >= 0.3 is 0 Å². The van der Waals surface area contributed by atoms with E-state index in [0.717, 1.165) is 0 Å². The van der Waals surface area contributed by atoms with Gasteiger partial charge in [0.2, 0.25) is 0 Å². The quantitative estimate of drug-likeness (QED) is 0.592. The van der Waals surface area contributed by atoms with Crippen molar-refractivity contribution >= 4 is 0 Å². The van der Waals surface area contributed by atoms with Crippen molar-refractivity contribution in [2.24, 2.45) is 5.84 Å². The van der Waals surface area contributed by atoms with Gasteiger partial charge < -0.3 is 0 Å². The highest BCUT2D eigenvalue weighted by molar-refractivity contribution is 4.80.